The summed E-state index contributed by atoms with van der Waals surface area (Å²) in [6, 6.07) is 6.48. The Balaban J connectivity index is 2.00. The SMILES string of the molecule is O=C(O)CCc1ccc(S(=O)(=O)NC2CCCCC2)cc1. The Hall–Kier alpha value is -1.40. The molecule has 2 N–H and O–H groups in total. The molecule has 1 aliphatic carbocycles. The number of aliphatic carboxylic acids is 1. The molecule has 0 heterocycles. The van der Waals surface area contributed by atoms with Crippen molar-refractivity contribution in [3.05, 3.63) is 29.8 Å². The zero-order valence-corrected chi connectivity index (χ0v) is 12.7. The molecule has 0 aromatic heterocycles. The molecule has 0 aliphatic heterocycles. The molecule has 0 amide bonds. The number of carbonyl (C=O) groups is 1. The number of aryl methyl sites for hydroxylation is 1. The molecule has 0 radical (unpaired) electrons. The zero-order chi connectivity index (χ0) is 15.3. The van der Waals surface area contributed by atoms with Crippen molar-refractivity contribution in [1.29, 1.82) is 0 Å². The quantitative estimate of drug-likeness (QED) is 0.844. The van der Waals surface area contributed by atoms with Crippen LogP contribution in [0.3, 0.4) is 0 Å². The van der Waals surface area contributed by atoms with Crippen molar-refractivity contribution < 1.29 is 18.3 Å². The summed E-state index contributed by atoms with van der Waals surface area (Å²) in [6.45, 7) is 0. The fourth-order valence-electron chi connectivity index (χ4n) is 2.59. The Morgan fingerprint density at radius 2 is 1.76 bits per heavy atom. The van der Waals surface area contributed by atoms with Gasteiger partial charge in [0.25, 0.3) is 0 Å². The summed E-state index contributed by atoms with van der Waals surface area (Å²) >= 11 is 0. The smallest absolute Gasteiger partial charge is 0.303 e. The number of rotatable bonds is 6. The number of benzene rings is 1. The lowest BCUT2D eigenvalue weighted by atomic mass is 9.96. The Kier molecular flexibility index (Phi) is 5.36. The largest absolute Gasteiger partial charge is 0.481 e. The minimum absolute atomic E-state index is 0.0374. The van der Waals surface area contributed by atoms with Gasteiger partial charge in [-0.05, 0) is 37.0 Å². The molecule has 0 bridgehead atoms. The van der Waals surface area contributed by atoms with Crippen LogP contribution in [0.4, 0.5) is 0 Å². The van der Waals surface area contributed by atoms with Crippen LogP contribution in [-0.4, -0.2) is 25.5 Å². The van der Waals surface area contributed by atoms with E-state index in [2.05, 4.69) is 4.72 Å². The number of hydrogen-bond acceptors (Lipinski definition) is 3. The minimum Gasteiger partial charge on any atom is -0.481 e. The van der Waals surface area contributed by atoms with Gasteiger partial charge >= 0.3 is 5.97 Å². The van der Waals surface area contributed by atoms with Crippen molar-refractivity contribution in [2.24, 2.45) is 0 Å². The van der Waals surface area contributed by atoms with Crippen molar-refractivity contribution >= 4 is 16.0 Å². The molecule has 5 nitrogen and oxygen atoms in total. The number of hydrogen-bond donors (Lipinski definition) is 2. The summed E-state index contributed by atoms with van der Waals surface area (Å²) in [6.07, 6.45) is 5.57. The molecule has 0 atom stereocenters. The lowest BCUT2D eigenvalue weighted by Gasteiger charge is -2.22. The van der Waals surface area contributed by atoms with Gasteiger partial charge in [0.2, 0.25) is 10.0 Å². The normalized spacial score (nSPS) is 16.8. The molecule has 1 aromatic carbocycles. The maximum absolute atomic E-state index is 12.3. The third-order valence-electron chi connectivity index (χ3n) is 3.79. The molecule has 0 saturated heterocycles. The summed E-state index contributed by atoms with van der Waals surface area (Å²) in [5, 5.41) is 8.64. The van der Waals surface area contributed by atoms with Crippen molar-refractivity contribution in [2.75, 3.05) is 0 Å². The van der Waals surface area contributed by atoms with Crippen LogP contribution in [0.25, 0.3) is 0 Å². The second kappa shape index (κ2) is 7.04. The molecule has 1 fully saturated rings. The Morgan fingerprint density at radius 3 is 2.33 bits per heavy atom. The Labute approximate surface area is 125 Å². The highest BCUT2D eigenvalue weighted by Gasteiger charge is 2.21. The summed E-state index contributed by atoms with van der Waals surface area (Å²) in [4.78, 5) is 10.8. The van der Waals surface area contributed by atoms with Crippen LogP contribution in [-0.2, 0) is 21.2 Å². The highest BCUT2D eigenvalue weighted by molar-refractivity contribution is 7.89. The summed E-state index contributed by atoms with van der Waals surface area (Å²) in [7, 11) is -3.47. The average Bonchev–Trinajstić information content (AvgIpc) is 2.46. The highest BCUT2D eigenvalue weighted by atomic mass is 32.2. The maximum Gasteiger partial charge on any atom is 0.303 e. The van der Waals surface area contributed by atoms with E-state index < -0.39 is 16.0 Å². The molecule has 116 valence electrons. The Morgan fingerprint density at radius 1 is 1.14 bits per heavy atom. The summed E-state index contributed by atoms with van der Waals surface area (Å²) in [5.41, 5.74) is 0.828. The average molecular weight is 311 g/mol. The number of nitrogens with one attached hydrogen (secondary N) is 1. The first-order valence-electron chi connectivity index (χ1n) is 7.30. The van der Waals surface area contributed by atoms with Gasteiger partial charge < -0.3 is 5.11 Å². The van der Waals surface area contributed by atoms with Gasteiger partial charge in [-0.15, -0.1) is 0 Å². The zero-order valence-electron chi connectivity index (χ0n) is 11.9. The van der Waals surface area contributed by atoms with E-state index in [1.807, 2.05) is 0 Å². The monoisotopic (exact) mass is 311 g/mol. The van der Waals surface area contributed by atoms with Crippen molar-refractivity contribution in [3.8, 4) is 0 Å². The van der Waals surface area contributed by atoms with E-state index in [1.165, 1.54) is 6.42 Å². The van der Waals surface area contributed by atoms with Gasteiger partial charge in [0, 0.05) is 12.5 Å². The van der Waals surface area contributed by atoms with E-state index in [0.29, 0.717) is 6.42 Å². The third kappa shape index (κ3) is 4.82. The molecule has 1 aliphatic rings. The predicted octanol–water partition coefficient (Wildman–Crippen LogP) is 2.31. The lowest BCUT2D eigenvalue weighted by Crippen LogP contribution is -2.36. The van der Waals surface area contributed by atoms with Gasteiger partial charge in [-0.3, -0.25) is 4.79 Å². The van der Waals surface area contributed by atoms with Gasteiger partial charge in [0.05, 0.1) is 4.90 Å². The second-order valence-corrected chi connectivity index (χ2v) is 7.21. The Bertz CT molecular complexity index is 574. The van der Waals surface area contributed by atoms with E-state index in [-0.39, 0.29) is 17.4 Å². The van der Waals surface area contributed by atoms with Gasteiger partial charge in [0.1, 0.15) is 0 Å². The number of sulfonamides is 1. The summed E-state index contributed by atoms with van der Waals surface area (Å²) < 4.78 is 27.3. The molecule has 0 unspecified atom stereocenters. The first-order valence-corrected chi connectivity index (χ1v) is 8.79. The van der Waals surface area contributed by atoms with Crippen LogP contribution in [0.1, 0.15) is 44.1 Å². The van der Waals surface area contributed by atoms with Gasteiger partial charge in [-0.25, -0.2) is 13.1 Å². The fraction of sp³-hybridized carbons (Fsp3) is 0.533. The maximum atomic E-state index is 12.3. The van der Waals surface area contributed by atoms with Crippen LogP contribution in [0.5, 0.6) is 0 Å². The molecule has 1 saturated carbocycles. The van der Waals surface area contributed by atoms with Crippen LogP contribution in [0.15, 0.2) is 29.2 Å². The molecule has 0 spiro atoms. The molecule has 1 aromatic rings. The van der Waals surface area contributed by atoms with Gasteiger partial charge in [0.15, 0.2) is 0 Å². The van der Waals surface area contributed by atoms with E-state index in [4.69, 9.17) is 5.11 Å². The van der Waals surface area contributed by atoms with Crippen molar-refractivity contribution in [3.63, 3.8) is 0 Å². The van der Waals surface area contributed by atoms with Gasteiger partial charge in [-0.1, -0.05) is 31.4 Å². The molecule has 6 heteroatoms. The molecular weight excluding hydrogens is 290 g/mol. The van der Waals surface area contributed by atoms with Crippen LogP contribution >= 0.6 is 0 Å². The topological polar surface area (TPSA) is 83.5 Å². The van der Waals surface area contributed by atoms with Crippen molar-refractivity contribution in [2.45, 2.75) is 55.9 Å². The highest BCUT2D eigenvalue weighted by Crippen LogP contribution is 2.20. The molecule has 2 rings (SSSR count). The predicted molar refractivity (Wildman–Crippen MR) is 79.6 cm³/mol. The van der Waals surface area contributed by atoms with Crippen molar-refractivity contribution in [1.82, 2.24) is 4.72 Å². The minimum atomic E-state index is -3.47. The fourth-order valence-corrected chi connectivity index (χ4v) is 3.90. The third-order valence-corrected chi connectivity index (χ3v) is 5.32. The van der Waals surface area contributed by atoms with E-state index in [9.17, 15) is 13.2 Å². The first kappa shape index (κ1) is 16.0. The van der Waals surface area contributed by atoms with E-state index in [1.54, 1.807) is 24.3 Å². The number of carboxylic acid groups (broad SMARTS) is 1. The standard InChI is InChI=1S/C15H21NO4S/c17-15(18)11-8-12-6-9-14(10-7-12)21(19,20)16-13-4-2-1-3-5-13/h6-7,9-10,13,16H,1-5,8,11H2,(H,17,18). The van der Waals surface area contributed by atoms with E-state index >= 15 is 0 Å². The second-order valence-electron chi connectivity index (χ2n) is 5.49. The van der Waals surface area contributed by atoms with Crippen LogP contribution in [0.2, 0.25) is 0 Å². The van der Waals surface area contributed by atoms with Crippen LogP contribution in [0, 0.1) is 0 Å². The first-order chi connectivity index (χ1) is 9.97. The van der Waals surface area contributed by atoms with Gasteiger partial charge in [-0.2, -0.15) is 0 Å². The molecular formula is C15H21NO4S. The molecule has 21 heavy (non-hydrogen) atoms. The summed E-state index contributed by atoms with van der Waals surface area (Å²) in [5.74, 6) is -0.856. The number of carboxylic acids is 1. The lowest BCUT2D eigenvalue weighted by molar-refractivity contribution is -0.136. The van der Waals surface area contributed by atoms with Crippen LogP contribution < -0.4 is 4.72 Å². The van der Waals surface area contributed by atoms with E-state index in [0.717, 1.165) is 31.2 Å².